The summed E-state index contributed by atoms with van der Waals surface area (Å²) >= 11 is 0. The number of halogens is 2. The lowest BCUT2D eigenvalue weighted by Gasteiger charge is -2.09. The summed E-state index contributed by atoms with van der Waals surface area (Å²) in [7, 11) is 0. The van der Waals surface area contributed by atoms with Gasteiger partial charge in [-0.25, -0.2) is 8.78 Å². The summed E-state index contributed by atoms with van der Waals surface area (Å²) < 4.78 is 26.5. The molecule has 0 saturated carbocycles. The van der Waals surface area contributed by atoms with Crippen molar-refractivity contribution in [2.45, 2.75) is 6.42 Å². The highest BCUT2D eigenvalue weighted by atomic mass is 19.1. The fourth-order valence-corrected chi connectivity index (χ4v) is 2.29. The third-order valence-corrected chi connectivity index (χ3v) is 3.36. The number of para-hydroxylation sites is 1. The van der Waals surface area contributed by atoms with E-state index in [1.54, 1.807) is 24.4 Å². The molecule has 0 fully saturated rings. The number of nitrogens with one attached hydrogen (secondary N) is 1. The van der Waals surface area contributed by atoms with Crippen molar-refractivity contribution >= 4 is 16.6 Å². The van der Waals surface area contributed by atoms with Crippen LogP contribution in [0.25, 0.3) is 10.9 Å². The topological polar surface area (TPSA) is 24.9 Å². The van der Waals surface area contributed by atoms with Gasteiger partial charge in [0.1, 0.15) is 17.2 Å². The maximum atomic E-state index is 13.7. The summed E-state index contributed by atoms with van der Waals surface area (Å²) in [4.78, 5) is 4.06. The highest BCUT2D eigenvalue weighted by Crippen LogP contribution is 2.23. The number of anilines is 1. The lowest BCUT2D eigenvalue weighted by Crippen LogP contribution is -2.05. The zero-order valence-corrected chi connectivity index (χ0v) is 11.3. The van der Waals surface area contributed by atoms with Gasteiger partial charge in [0, 0.05) is 23.8 Å². The number of pyridine rings is 1. The van der Waals surface area contributed by atoms with Crippen molar-refractivity contribution in [3.8, 4) is 0 Å². The fraction of sp³-hybridized carbons (Fsp3) is 0.118. The van der Waals surface area contributed by atoms with E-state index in [2.05, 4.69) is 10.3 Å². The molecule has 0 spiro atoms. The monoisotopic (exact) mass is 284 g/mol. The molecule has 1 aromatic heterocycles. The molecule has 4 heteroatoms. The first-order valence-corrected chi connectivity index (χ1v) is 6.75. The van der Waals surface area contributed by atoms with E-state index >= 15 is 0 Å². The lowest BCUT2D eigenvalue weighted by atomic mass is 10.1. The van der Waals surface area contributed by atoms with E-state index in [9.17, 15) is 8.78 Å². The quantitative estimate of drug-likeness (QED) is 0.778. The molecule has 3 rings (SSSR count). The van der Waals surface area contributed by atoms with Crippen LogP contribution in [0.5, 0.6) is 0 Å². The van der Waals surface area contributed by atoms with E-state index in [0.29, 0.717) is 12.1 Å². The Balaban J connectivity index is 1.73. The molecule has 0 aliphatic heterocycles. The van der Waals surface area contributed by atoms with Crippen LogP contribution in [-0.2, 0) is 6.42 Å². The van der Waals surface area contributed by atoms with Crippen LogP contribution in [0.4, 0.5) is 14.5 Å². The number of nitrogens with zero attached hydrogens (tertiary/aromatic N) is 1. The Kier molecular flexibility index (Phi) is 3.77. The van der Waals surface area contributed by atoms with E-state index in [1.807, 2.05) is 12.1 Å². The summed E-state index contributed by atoms with van der Waals surface area (Å²) in [6.07, 6.45) is 2.35. The average Bonchev–Trinajstić information content (AvgIpc) is 2.50. The lowest BCUT2D eigenvalue weighted by molar-refractivity contribution is 0.627. The summed E-state index contributed by atoms with van der Waals surface area (Å²) in [6, 6.07) is 13.2. The van der Waals surface area contributed by atoms with Crippen LogP contribution in [0.3, 0.4) is 0 Å². The molecule has 2 nitrogen and oxygen atoms in total. The van der Waals surface area contributed by atoms with Crippen LogP contribution in [-0.4, -0.2) is 11.5 Å². The van der Waals surface area contributed by atoms with Gasteiger partial charge in [0.25, 0.3) is 0 Å². The first-order chi connectivity index (χ1) is 10.2. The molecule has 0 aliphatic rings. The zero-order chi connectivity index (χ0) is 14.7. The second kappa shape index (κ2) is 5.87. The summed E-state index contributed by atoms with van der Waals surface area (Å²) in [5.74, 6) is -0.558. The molecule has 0 saturated heterocycles. The van der Waals surface area contributed by atoms with Gasteiger partial charge in [-0.15, -0.1) is 0 Å². The zero-order valence-electron chi connectivity index (χ0n) is 11.3. The number of hydrogen-bond acceptors (Lipinski definition) is 2. The summed E-state index contributed by atoms with van der Waals surface area (Å²) in [5.41, 5.74) is 2.26. The standard InChI is InChI=1S/C17H14F2N2/c18-13-6-4-12(5-7-13)8-10-20-16-9-11-21-17-14(16)2-1-3-15(17)19/h1-7,9,11H,8,10H2,(H,20,21). The Hall–Kier alpha value is -2.49. The normalized spacial score (nSPS) is 10.8. The second-order valence-corrected chi connectivity index (χ2v) is 4.80. The number of aromatic nitrogens is 1. The fourth-order valence-electron chi connectivity index (χ4n) is 2.29. The van der Waals surface area contributed by atoms with Gasteiger partial charge in [-0.1, -0.05) is 24.3 Å². The van der Waals surface area contributed by atoms with Crippen molar-refractivity contribution in [3.63, 3.8) is 0 Å². The maximum Gasteiger partial charge on any atom is 0.149 e. The molecule has 1 heterocycles. The first-order valence-electron chi connectivity index (χ1n) is 6.75. The van der Waals surface area contributed by atoms with E-state index < -0.39 is 0 Å². The number of fused-ring (bicyclic) bond motifs is 1. The maximum absolute atomic E-state index is 13.7. The number of rotatable bonds is 4. The van der Waals surface area contributed by atoms with Crippen LogP contribution in [0, 0.1) is 11.6 Å². The molecule has 3 aromatic rings. The van der Waals surface area contributed by atoms with Crippen molar-refractivity contribution in [1.29, 1.82) is 0 Å². The molecule has 0 radical (unpaired) electrons. The minimum Gasteiger partial charge on any atom is -0.384 e. The van der Waals surface area contributed by atoms with Crippen molar-refractivity contribution in [2.75, 3.05) is 11.9 Å². The highest BCUT2D eigenvalue weighted by Gasteiger charge is 2.05. The number of hydrogen-bond donors (Lipinski definition) is 1. The summed E-state index contributed by atoms with van der Waals surface area (Å²) in [5, 5.41) is 4.04. The predicted molar refractivity (Wildman–Crippen MR) is 80.3 cm³/mol. The molecule has 21 heavy (non-hydrogen) atoms. The van der Waals surface area contributed by atoms with E-state index in [0.717, 1.165) is 23.1 Å². The predicted octanol–water partition coefficient (Wildman–Crippen LogP) is 4.17. The first kappa shape index (κ1) is 13.5. The molecule has 0 atom stereocenters. The number of benzene rings is 2. The van der Waals surface area contributed by atoms with E-state index in [1.165, 1.54) is 18.2 Å². The van der Waals surface area contributed by atoms with E-state index in [-0.39, 0.29) is 11.6 Å². The van der Waals surface area contributed by atoms with Gasteiger partial charge in [0.05, 0.1) is 0 Å². The largest absolute Gasteiger partial charge is 0.384 e. The molecule has 106 valence electrons. The molecular formula is C17H14F2N2. The van der Waals surface area contributed by atoms with Gasteiger partial charge >= 0.3 is 0 Å². The Bertz CT molecular complexity index is 754. The van der Waals surface area contributed by atoms with Crippen LogP contribution < -0.4 is 5.32 Å². The molecule has 2 aromatic carbocycles. The molecule has 0 bridgehead atoms. The van der Waals surface area contributed by atoms with Gasteiger partial charge < -0.3 is 5.32 Å². The third-order valence-electron chi connectivity index (χ3n) is 3.36. The Morgan fingerprint density at radius 2 is 1.76 bits per heavy atom. The smallest absolute Gasteiger partial charge is 0.149 e. The van der Waals surface area contributed by atoms with Gasteiger partial charge in [-0.3, -0.25) is 4.98 Å². The van der Waals surface area contributed by atoms with Crippen LogP contribution in [0.2, 0.25) is 0 Å². The van der Waals surface area contributed by atoms with Gasteiger partial charge in [0.15, 0.2) is 0 Å². The van der Waals surface area contributed by atoms with Crippen molar-refractivity contribution in [2.24, 2.45) is 0 Å². The van der Waals surface area contributed by atoms with Gasteiger partial charge in [-0.2, -0.15) is 0 Å². The molecular weight excluding hydrogens is 270 g/mol. The van der Waals surface area contributed by atoms with Crippen LogP contribution in [0.15, 0.2) is 54.7 Å². The second-order valence-electron chi connectivity index (χ2n) is 4.80. The van der Waals surface area contributed by atoms with Crippen LogP contribution >= 0.6 is 0 Å². The minimum atomic E-state index is -0.324. The highest BCUT2D eigenvalue weighted by molar-refractivity contribution is 5.91. The molecule has 0 unspecified atom stereocenters. The van der Waals surface area contributed by atoms with Crippen molar-refractivity contribution < 1.29 is 8.78 Å². The van der Waals surface area contributed by atoms with E-state index in [4.69, 9.17) is 0 Å². The van der Waals surface area contributed by atoms with Crippen molar-refractivity contribution in [3.05, 3.63) is 71.9 Å². The van der Waals surface area contributed by atoms with Crippen LogP contribution in [0.1, 0.15) is 5.56 Å². The van der Waals surface area contributed by atoms with Gasteiger partial charge in [-0.05, 0) is 36.2 Å². The Labute approximate surface area is 121 Å². The van der Waals surface area contributed by atoms with Crippen molar-refractivity contribution in [1.82, 2.24) is 4.98 Å². The SMILES string of the molecule is Fc1ccc(CCNc2ccnc3c(F)cccc23)cc1. The van der Waals surface area contributed by atoms with Gasteiger partial charge in [0.2, 0.25) is 0 Å². The Morgan fingerprint density at radius 1 is 0.952 bits per heavy atom. The molecule has 1 N–H and O–H groups in total. The Morgan fingerprint density at radius 3 is 2.57 bits per heavy atom. The third kappa shape index (κ3) is 2.99. The summed E-state index contributed by atoms with van der Waals surface area (Å²) in [6.45, 7) is 0.682. The average molecular weight is 284 g/mol. The minimum absolute atomic E-state index is 0.234. The molecule has 0 amide bonds. The molecule has 0 aliphatic carbocycles.